The lowest BCUT2D eigenvalue weighted by Gasteiger charge is -2.22. The van der Waals surface area contributed by atoms with E-state index in [0.717, 1.165) is 31.5 Å². The second-order valence-corrected chi connectivity index (χ2v) is 7.94. The molecule has 0 saturated carbocycles. The van der Waals surface area contributed by atoms with Crippen molar-refractivity contribution >= 4 is 18.7 Å². The van der Waals surface area contributed by atoms with E-state index < -0.39 is 7.63 Å². The third-order valence-electron chi connectivity index (χ3n) is 1.65. The first-order chi connectivity index (χ1) is 5.18. The summed E-state index contributed by atoms with van der Waals surface area (Å²) in [5.74, 6) is 0. The largest absolute Gasteiger partial charge is 0.403 e. The lowest BCUT2D eigenvalue weighted by Crippen LogP contribution is -2.30. The van der Waals surface area contributed by atoms with Crippen molar-refractivity contribution in [2.45, 2.75) is 45.7 Å². The molecule has 0 amide bonds. The molecular weight excluding hydrogens is 176 g/mol. The smallest absolute Gasteiger partial charge is 0.290 e. The summed E-state index contributed by atoms with van der Waals surface area (Å²) < 4.78 is 5.61. The summed E-state index contributed by atoms with van der Waals surface area (Å²) in [5.41, 5.74) is 0. The van der Waals surface area contributed by atoms with Gasteiger partial charge in [-0.25, -0.2) is 0 Å². The van der Waals surface area contributed by atoms with Gasteiger partial charge in [-0.15, -0.1) is 11.1 Å². The predicted molar refractivity (Wildman–Crippen MR) is 53.4 cm³/mol. The summed E-state index contributed by atoms with van der Waals surface area (Å²) in [7, 11) is -1.78. The maximum Gasteiger partial charge on any atom is 0.290 e. The Morgan fingerprint density at radius 3 is 1.82 bits per heavy atom. The zero-order valence-corrected chi connectivity index (χ0v) is 9.58. The van der Waals surface area contributed by atoms with Crippen LogP contribution in [0.4, 0.5) is 0 Å². The van der Waals surface area contributed by atoms with Crippen LogP contribution in [0.25, 0.3) is 0 Å². The van der Waals surface area contributed by atoms with Crippen LogP contribution in [-0.4, -0.2) is 14.2 Å². The Morgan fingerprint density at radius 1 is 1.09 bits per heavy atom. The predicted octanol–water partition coefficient (Wildman–Crippen LogP) is 3.52. The number of hydrogen-bond acceptors (Lipinski definition) is 1. The molecule has 0 saturated heterocycles. The minimum absolute atomic E-state index is 0.774. The van der Waals surface area contributed by atoms with E-state index in [0.29, 0.717) is 0 Å². The second kappa shape index (κ2) is 6.04. The Bertz CT molecular complexity index is 81.1. The molecule has 11 heavy (non-hydrogen) atoms. The Morgan fingerprint density at radius 2 is 1.55 bits per heavy atom. The summed E-state index contributed by atoms with van der Waals surface area (Å²) in [4.78, 5) is 0. The van der Waals surface area contributed by atoms with E-state index in [1.54, 1.807) is 0 Å². The SMILES string of the molecule is CCC[Si](Cl)(CCC)OCC. The molecule has 68 valence electrons. The maximum atomic E-state index is 6.36. The van der Waals surface area contributed by atoms with Gasteiger partial charge in [0.25, 0.3) is 7.63 Å². The normalized spacial score (nSPS) is 12.0. The molecule has 0 aliphatic carbocycles. The third-order valence-corrected chi connectivity index (χ3v) is 6.41. The summed E-state index contributed by atoms with van der Waals surface area (Å²) in [6, 6.07) is 2.19. The van der Waals surface area contributed by atoms with E-state index >= 15 is 0 Å². The fraction of sp³-hybridized carbons (Fsp3) is 1.00. The highest BCUT2D eigenvalue weighted by molar-refractivity contribution is 7.16. The number of rotatable bonds is 6. The topological polar surface area (TPSA) is 9.23 Å². The molecule has 1 nitrogen and oxygen atoms in total. The minimum atomic E-state index is -1.78. The summed E-state index contributed by atoms with van der Waals surface area (Å²) >= 11 is 6.36. The van der Waals surface area contributed by atoms with Crippen LogP contribution >= 0.6 is 11.1 Å². The van der Waals surface area contributed by atoms with Crippen molar-refractivity contribution in [3.63, 3.8) is 0 Å². The zero-order valence-electron chi connectivity index (χ0n) is 7.82. The summed E-state index contributed by atoms with van der Waals surface area (Å²) in [5, 5.41) is 0. The molecule has 0 N–H and O–H groups in total. The third kappa shape index (κ3) is 4.83. The van der Waals surface area contributed by atoms with Gasteiger partial charge in [-0.05, 0) is 19.0 Å². The molecule has 0 rings (SSSR count). The van der Waals surface area contributed by atoms with Gasteiger partial charge in [0.15, 0.2) is 0 Å². The van der Waals surface area contributed by atoms with Crippen LogP contribution in [0, 0.1) is 0 Å². The van der Waals surface area contributed by atoms with Gasteiger partial charge < -0.3 is 4.43 Å². The second-order valence-electron chi connectivity index (χ2n) is 2.82. The number of halogens is 1. The Hall–Kier alpha value is 0.467. The van der Waals surface area contributed by atoms with Crippen LogP contribution in [0.5, 0.6) is 0 Å². The highest BCUT2D eigenvalue weighted by Crippen LogP contribution is 2.25. The highest BCUT2D eigenvalue weighted by Gasteiger charge is 2.29. The molecule has 0 heterocycles. The van der Waals surface area contributed by atoms with E-state index in [1.807, 2.05) is 6.92 Å². The summed E-state index contributed by atoms with van der Waals surface area (Å²) in [6.07, 6.45) is 2.30. The van der Waals surface area contributed by atoms with Crippen LogP contribution in [0.15, 0.2) is 0 Å². The fourth-order valence-electron chi connectivity index (χ4n) is 1.27. The van der Waals surface area contributed by atoms with Crippen molar-refractivity contribution < 1.29 is 4.43 Å². The van der Waals surface area contributed by atoms with Gasteiger partial charge >= 0.3 is 0 Å². The molecule has 0 aromatic heterocycles. The molecule has 0 bridgehead atoms. The van der Waals surface area contributed by atoms with Gasteiger partial charge in [0.2, 0.25) is 0 Å². The molecule has 0 aliphatic rings. The highest BCUT2D eigenvalue weighted by atomic mass is 35.6. The molecular formula is C8H19ClOSi. The van der Waals surface area contributed by atoms with Crippen LogP contribution in [0.3, 0.4) is 0 Å². The molecule has 0 fully saturated rings. The fourth-order valence-corrected chi connectivity index (χ4v) is 5.29. The van der Waals surface area contributed by atoms with Gasteiger partial charge in [0, 0.05) is 6.61 Å². The van der Waals surface area contributed by atoms with Gasteiger partial charge in [0.1, 0.15) is 0 Å². The van der Waals surface area contributed by atoms with Gasteiger partial charge in [0.05, 0.1) is 0 Å². The van der Waals surface area contributed by atoms with E-state index in [2.05, 4.69) is 13.8 Å². The Kier molecular flexibility index (Phi) is 6.29. The lowest BCUT2D eigenvalue weighted by molar-refractivity contribution is 0.333. The van der Waals surface area contributed by atoms with Crippen LogP contribution < -0.4 is 0 Å². The van der Waals surface area contributed by atoms with Crippen molar-refractivity contribution in [1.82, 2.24) is 0 Å². The van der Waals surface area contributed by atoms with Gasteiger partial charge in [-0.2, -0.15) is 0 Å². The van der Waals surface area contributed by atoms with Crippen LogP contribution in [0.2, 0.25) is 12.1 Å². The molecule has 0 aromatic carbocycles. The monoisotopic (exact) mass is 194 g/mol. The lowest BCUT2D eigenvalue weighted by atomic mass is 10.6. The first-order valence-electron chi connectivity index (χ1n) is 4.51. The van der Waals surface area contributed by atoms with Crippen molar-refractivity contribution in [3.05, 3.63) is 0 Å². The Balaban J connectivity index is 3.79. The summed E-state index contributed by atoms with van der Waals surface area (Å²) in [6.45, 7) is 7.13. The maximum absolute atomic E-state index is 6.36. The zero-order chi connectivity index (χ0) is 8.74. The van der Waals surface area contributed by atoms with E-state index in [1.165, 1.54) is 0 Å². The van der Waals surface area contributed by atoms with E-state index in [4.69, 9.17) is 15.5 Å². The molecule has 0 aliphatic heterocycles. The first-order valence-corrected chi connectivity index (χ1v) is 7.84. The molecule has 0 unspecified atom stereocenters. The van der Waals surface area contributed by atoms with Crippen molar-refractivity contribution in [2.24, 2.45) is 0 Å². The van der Waals surface area contributed by atoms with Crippen molar-refractivity contribution in [3.8, 4) is 0 Å². The van der Waals surface area contributed by atoms with Crippen LogP contribution in [0.1, 0.15) is 33.6 Å². The van der Waals surface area contributed by atoms with Crippen LogP contribution in [-0.2, 0) is 4.43 Å². The molecule has 3 heteroatoms. The molecule has 0 radical (unpaired) electrons. The van der Waals surface area contributed by atoms with Gasteiger partial charge in [-0.1, -0.05) is 26.7 Å². The Labute approximate surface area is 75.9 Å². The van der Waals surface area contributed by atoms with E-state index in [-0.39, 0.29) is 0 Å². The quantitative estimate of drug-likeness (QED) is 0.465. The number of hydrogen-bond donors (Lipinski definition) is 0. The molecule has 0 aromatic rings. The van der Waals surface area contributed by atoms with Crippen molar-refractivity contribution in [1.29, 1.82) is 0 Å². The average Bonchev–Trinajstić information content (AvgIpc) is 1.88. The van der Waals surface area contributed by atoms with Crippen molar-refractivity contribution in [2.75, 3.05) is 6.61 Å². The van der Waals surface area contributed by atoms with E-state index in [9.17, 15) is 0 Å². The molecule has 0 atom stereocenters. The van der Waals surface area contributed by atoms with Gasteiger partial charge in [-0.3, -0.25) is 0 Å². The standard InChI is InChI=1S/C8H19ClOSi/c1-4-7-11(9,8-5-2)10-6-3/h4-8H2,1-3H3. The minimum Gasteiger partial charge on any atom is -0.403 e. The first kappa shape index (κ1) is 11.5. The average molecular weight is 195 g/mol. The molecule has 0 spiro atoms.